The van der Waals surface area contributed by atoms with Crippen LogP contribution < -0.4 is 0 Å². The van der Waals surface area contributed by atoms with Crippen LogP contribution in [0.3, 0.4) is 0 Å². The molecule has 2 aliphatic carbocycles. The molecule has 0 radical (unpaired) electrons. The smallest absolute Gasteiger partial charge is 0.306 e. The summed E-state index contributed by atoms with van der Waals surface area (Å²) in [7, 11) is 0. The zero-order valence-electron chi connectivity index (χ0n) is 15.3. The number of aliphatic hydroxyl groups is 2. The van der Waals surface area contributed by atoms with E-state index in [-0.39, 0.29) is 31.2 Å². The molecule has 0 bridgehead atoms. The number of aliphatic carboxylic acids is 1. The van der Waals surface area contributed by atoms with Crippen LogP contribution in [0.25, 0.3) is 0 Å². The number of oxime groups is 1. The number of nitrogens with zero attached hydrogens (tertiary/aromatic N) is 1. The SMILES string of the molecule is CCCCCC(O)CC[C@H]1[C@@H]2C/C(=N/OCCC(=O)O)C[C@@H]2C[C@@H]1O. The highest BCUT2D eigenvalue weighted by Gasteiger charge is 2.46. The number of carboxylic acid groups (broad SMARTS) is 1. The Bertz CT molecular complexity index is 453. The van der Waals surface area contributed by atoms with Gasteiger partial charge >= 0.3 is 5.97 Å². The van der Waals surface area contributed by atoms with Gasteiger partial charge in [-0.15, -0.1) is 0 Å². The third-order valence-electron chi connectivity index (χ3n) is 5.74. The lowest BCUT2D eigenvalue weighted by molar-refractivity contribution is -0.138. The maximum absolute atomic E-state index is 10.5. The molecule has 0 saturated heterocycles. The molecule has 0 amide bonds. The Morgan fingerprint density at radius 1 is 1.32 bits per heavy atom. The fraction of sp³-hybridized carbons (Fsp3) is 0.895. The summed E-state index contributed by atoms with van der Waals surface area (Å²) in [4.78, 5) is 15.6. The van der Waals surface area contributed by atoms with Crippen LogP contribution in [0.15, 0.2) is 5.16 Å². The van der Waals surface area contributed by atoms with Crippen LogP contribution in [0.4, 0.5) is 0 Å². The van der Waals surface area contributed by atoms with Gasteiger partial charge < -0.3 is 20.2 Å². The first kappa shape index (κ1) is 20.2. The van der Waals surface area contributed by atoms with E-state index in [1.165, 1.54) is 0 Å². The van der Waals surface area contributed by atoms with Crippen LogP contribution in [-0.2, 0) is 9.63 Å². The predicted octanol–water partition coefficient (Wildman–Crippen LogP) is 2.96. The van der Waals surface area contributed by atoms with Crippen LogP contribution in [0.2, 0.25) is 0 Å². The molecule has 144 valence electrons. The predicted molar refractivity (Wildman–Crippen MR) is 95.4 cm³/mol. The maximum atomic E-state index is 10.5. The molecule has 2 aliphatic rings. The average Bonchev–Trinajstić information content (AvgIpc) is 3.06. The fourth-order valence-electron chi connectivity index (χ4n) is 4.42. The van der Waals surface area contributed by atoms with Crippen molar-refractivity contribution in [3.63, 3.8) is 0 Å². The molecule has 1 unspecified atom stereocenters. The summed E-state index contributed by atoms with van der Waals surface area (Å²) in [5.41, 5.74) is 0.987. The first-order valence-electron chi connectivity index (χ1n) is 9.76. The van der Waals surface area contributed by atoms with Gasteiger partial charge in [-0.3, -0.25) is 4.79 Å². The minimum absolute atomic E-state index is 0.0408. The number of rotatable bonds is 11. The molecule has 3 N–H and O–H groups in total. The average molecular weight is 355 g/mol. The molecule has 5 atom stereocenters. The number of hydrogen-bond donors (Lipinski definition) is 3. The molecule has 0 aromatic rings. The molecule has 2 fully saturated rings. The van der Waals surface area contributed by atoms with Crippen molar-refractivity contribution in [2.75, 3.05) is 6.61 Å². The van der Waals surface area contributed by atoms with E-state index in [2.05, 4.69) is 12.1 Å². The Hall–Kier alpha value is -1.14. The normalized spacial score (nSPS) is 31.2. The second-order valence-electron chi connectivity index (χ2n) is 7.66. The zero-order valence-corrected chi connectivity index (χ0v) is 15.3. The van der Waals surface area contributed by atoms with Gasteiger partial charge in [0, 0.05) is 0 Å². The minimum atomic E-state index is -0.885. The van der Waals surface area contributed by atoms with Crippen molar-refractivity contribution >= 4 is 11.7 Å². The number of hydrogen-bond acceptors (Lipinski definition) is 5. The summed E-state index contributed by atoms with van der Waals surface area (Å²) in [6.07, 6.45) is 7.77. The van der Waals surface area contributed by atoms with Crippen LogP contribution in [0.5, 0.6) is 0 Å². The van der Waals surface area contributed by atoms with Crippen LogP contribution in [0, 0.1) is 17.8 Å². The molecule has 0 heterocycles. The number of carbonyl (C=O) groups is 1. The van der Waals surface area contributed by atoms with Gasteiger partial charge in [0.1, 0.15) is 6.61 Å². The Morgan fingerprint density at radius 2 is 2.12 bits per heavy atom. The molecule has 2 saturated carbocycles. The highest BCUT2D eigenvalue weighted by Crippen LogP contribution is 2.48. The van der Waals surface area contributed by atoms with Crippen LogP contribution >= 0.6 is 0 Å². The highest BCUT2D eigenvalue weighted by atomic mass is 16.6. The minimum Gasteiger partial charge on any atom is -0.481 e. The van der Waals surface area contributed by atoms with E-state index < -0.39 is 5.97 Å². The van der Waals surface area contributed by atoms with Gasteiger partial charge in [-0.05, 0) is 56.3 Å². The summed E-state index contributed by atoms with van der Waals surface area (Å²) >= 11 is 0. The van der Waals surface area contributed by atoms with Gasteiger partial charge in [-0.1, -0.05) is 31.3 Å². The molecule has 2 rings (SSSR count). The van der Waals surface area contributed by atoms with Crippen molar-refractivity contribution in [1.29, 1.82) is 0 Å². The second-order valence-corrected chi connectivity index (χ2v) is 7.66. The Balaban J connectivity index is 1.75. The van der Waals surface area contributed by atoms with Crippen molar-refractivity contribution in [2.45, 2.75) is 83.3 Å². The number of fused-ring (bicyclic) bond motifs is 1. The van der Waals surface area contributed by atoms with Gasteiger partial charge in [0.15, 0.2) is 0 Å². The van der Waals surface area contributed by atoms with E-state index in [4.69, 9.17) is 9.94 Å². The van der Waals surface area contributed by atoms with E-state index in [1.807, 2.05) is 0 Å². The van der Waals surface area contributed by atoms with E-state index in [9.17, 15) is 15.0 Å². The quantitative estimate of drug-likeness (QED) is 0.391. The molecule has 6 heteroatoms. The number of carboxylic acids is 1. The lowest BCUT2D eigenvalue weighted by Gasteiger charge is -2.22. The van der Waals surface area contributed by atoms with Crippen molar-refractivity contribution < 1.29 is 25.0 Å². The highest BCUT2D eigenvalue weighted by molar-refractivity contribution is 5.86. The van der Waals surface area contributed by atoms with E-state index in [1.54, 1.807) is 0 Å². The third-order valence-corrected chi connectivity index (χ3v) is 5.74. The summed E-state index contributed by atoms with van der Waals surface area (Å²) in [5.74, 6) is 0.209. The maximum Gasteiger partial charge on any atom is 0.306 e. The van der Waals surface area contributed by atoms with Gasteiger partial charge in [0.2, 0.25) is 0 Å². The van der Waals surface area contributed by atoms with Crippen molar-refractivity contribution in [3.05, 3.63) is 0 Å². The monoisotopic (exact) mass is 355 g/mol. The molecule has 0 aliphatic heterocycles. The standard InChI is InChI=1S/C19H33NO5/c1-2-3-4-5-15(21)6-7-16-17-12-14(10-13(17)11-18(16)22)20-25-9-8-19(23)24/h13,15-18,21-22H,2-12H2,1H3,(H,23,24)/b20-14+/t13-,15?,16+,17-,18+/m1/s1. The molecular formula is C19H33NO5. The summed E-state index contributed by atoms with van der Waals surface area (Å²) in [6.45, 7) is 2.26. The Morgan fingerprint density at radius 3 is 2.84 bits per heavy atom. The molecule has 25 heavy (non-hydrogen) atoms. The first-order valence-corrected chi connectivity index (χ1v) is 9.76. The zero-order chi connectivity index (χ0) is 18.2. The number of aliphatic hydroxyl groups excluding tert-OH is 2. The molecule has 0 spiro atoms. The van der Waals surface area contributed by atoms with Crippen molar-refractivity contribution in [1.82, 2.24) is 0 Å². The number of unbranched alkanes of at least 4 members (excludes halogenated alkanes) is 2. The first-order chi connectivity index (χ1) is 12.0. The van der Waals surface area contributed by atoms with E-state index in [0.717, 1.165) is 63.5 Å². The van der Waals surface area contributed by atoms with Gasteiger partial charge in [0.05, 0.1) is 24.3 Å². The van der Waals surface area contributed by atoms with Crippen LogP contribution in [-0.4, -0.2) is 45.8 Å². The third kappa shape index (κ3) is 6.26. The van der Waals surface area contributed by atoms with Crippen molar-refractivity contribution in [3.8, 4) is 0 Å². The summed E-state index contributed by atoms with van der Waals surface area (Å²) in [5, 5.41) is 33.2. The Kier molecular flexibility index (Phi) is 8.16. The second kappa shape index (κ2) is 10.1. The topological polar surface area (TPSA) is 99.4 Å². The lowest BCUT2D eigenvalue weighted by atomic mass is 9.86. The van der Waals surface area contributed by atoms with E-state index in [0.29, 0.717) is 11.8 Å². The van der Waals surface area contributed by atoms with E-state index >= 15 is 0 Å². The van der Waals surface area contributed by atoms with Crippen molar-refractivity contribution in [2.24, 2.45) is 22.9 Å². The summed E-state index contributed by atoms with van der Waals surface area (Å²) < 4.78 is 0. The fourth-order valence-corrected chi connectivity index (χ4v) is 4.42. The van der Waals surface area contributed by atoms with Crippen LogP contribution in [0.1, 0.15) is 71.1 Å². The van der Waals surface area contributed by atoms with Gasteiger partial charge in [-0.2, -0.15) is 0 Å². The van der Waals surface area contributed by atoms with Gasteiger partial charge in [-0.25, -0.2) is 0 Å². The molecule has 0 aromatic heterocycles. The van der Waals surface area contributed by atoms with Gasteiger partial charge in [0.25, 0.3) is 0 Å². The largest absolute Gasteiger partial charge is 0.481 e. The molecule has 6 nitrogen and oxygen atoms in total. The molecule has 0 aromatic carbocycles. The lowest BCUT2D eigenvalue weighted by Crippen LogP contribution is -2.22. The summed E-state index contributed by atoms with van der Waals surface area (Å²) in [6, 6.07) is 0. The Labute approximate surface area is 150 Å². The molecular weight excluding hydrogens is 322 g/mol.